The molecule has 0 aromatic heterocycles. The lowest BCUT2D eigenvalue weighted by Crippen LogP contribution is -2.44. The molecule has 172 valence electrons. The molecular formula is C23H29FN4O3S. The molecule has 0 unspecified atom stereocenters. The smallest absolute Gasteiger partial charge is 0.261 e. The second kappa shape index (κ2) is 9.46. The molecule has 0 radical (unpaired) electrons. The third-order valence-corrected chi connectivity index (χ3v) is 7.52. The number of carbonyl (C=O) groups excluding carboxylic acids is 1. The summed E-state index contributed by atoms with van der Waals surface area (Å²) >= 11 is 0. The summed E-state index contributed by atoms with van der Waals surface area (Å²) in [5.41, 5.74) is 1.53. The van der Waals surface area contributed by atoms with Crippen molar-refractivity contribution in [3.63, 3.8) is 0 Å². The van der Waals surface area contributed by atoms with Gasteiger partial charge >= 0.3 is 0 Å². The highest BCUT2D eigenvalue weighted by Crippen LogP contribution is 2.31. The summed E-state index contributed by atoms with van der Waals surface area (Å²) in [5, 5.41) is 3.28. The van der Waals surface area contributed by atoms with Crippen LogP contribution in [-0.4, -0.2) is 58.5 Å². The van der Waals surface area contributed by atoms with Crippen LogP contribution in [0.5, 0.6) is 0 Å². The van der Waals surface area contributed by atoms with Gasteiger partial charge in [0.05, 0.1) is 16.3 Å². The highest BCUT2D eigenvalue weighted by molar-refractivity contribution is 7.92. The minimum Gasteiger partial charge on any atom is -0.367 e. The van der Waals surface area contributed by atoms with Crippen molar-refractivity contribution in [2.24, 2.45) is 5.92 Å². The Morgan fingerprint density at radius 2 is 1.69 bits per heavy atom. The Kier molecular flexibility index (Phi) is 6.66. The molecule has 7 nitrogen and oxygen atoms in total. The number of hydrogen-bond donors (Lipinski definition) is 2. The summed E-state index contributed by atoms with van der Waals surface area (Å²) in [7, 11) is -3.95. The Hall–Kier alpha value is -2.65. The Labute approximate surface area is 188 Å². The molecule has 0 bridgehead atoms. The number of rotatable bonds is 5. The predicted molar refractivity (Wildman–Crippen MR) is 123 cm³/mol. The van der Waals surface area contributed by atoms with Crippen LogP contribution >= 0.6 is 0 Å². The van der Waals surface area contributed by atoms with Gasteiger partial charge < -0.3 is 15.1 Å². The summed E-state index contributed by atoms with van der Waals surface area (Å²) in [5.74, 6) is 0.00658. The molecular weight excluding hydrogens is 431 g/mol. The van der Waals surface area contributed by atoms with E-state index in [-0.39, 0.29) is 10.8 Å². The highest BCUT2D eigenvalue weighted by Gasteiger charge is 2.25. The minimum atomic E-state index is -3.95. The van der Waals surface area contributed by atoms with Crippen LogP contribution in [0, 0.1) is 11.7 Å². The van der Waals surface area contributed by atoms with Crippen LogP contribution in [0.3, 0.4) is 0 Å². The van der Waals surface area contributed by atoms with E-state index in [9.17, 15) is 17.6 Å². The number of halogens is 1. The first kappa shape index (κ1) is 22.5. The van der Waals surface area contributed by atoms with Crippen molar-refractivity contribution in [2.45, 2.75) is 24.7 Å². The van der Waals surface area contributed by atoms with Gasteiger partial charge in [-0.15, -0.1) is 0 Å². The standard InChI is InChI=1S/C23H29FN4O3S/c1-17-8-12-28(13-9-17)23(29)18-2-7-22(27-14-10-25-11-15-27)21(16-18)26-32(30,31)20-5-3-19(24)4-6-20/h2-7,16-17,25-26H,8-15H2,1H3. The van der Waals surface area contributed by atoms with Gasteiger partial charge in [0.15, 0.2) is 0 Å². The number of amides is 1. The summed E-state index contributed by atoms with van der Waals surface area (Å²) in [6.07, 6.45) is 1.93. The van der Waals surface area contributed by atoms with E-state index < -0.39 is 15.8 Å². The lowest BCUT2D eigenvalue weighted by Gasteiger charge is -2.32. The number of likely N-dealkylation sites (tertiary alicyclic amines) is 1. The number of piperazine rings is 1. The van der Waals surface area contributed by atoms with Gasteiger partial charge in [-0.25, -0.2) is 12.8 Å². The molecule has 0 atom stereocenters. The van der Waals surface area contributed by atoms with Crippen molar-refractivity contribution in [2.75, 3.05) is 48.9 Å². The van der Waals surface area contributed by atoms with Gasteiger partial charge in [-0.05, 0) is 61.2 Å². The van der Waals surface area contributed by atoms with Crippen molar-refractivity contribution >= 4 is 27.3 Å². The van der Waals surface area contributed by atoms with Crippen LogP contribution in [0.25, 0.3) is 0 Å². The first-order valence-electron chi connectivity index (χ1n) is 11.0. The fraction of sp³-hybridized carbons (Fsp3) is 0.435. The van der Waals surface area contributed by atoms with Gasteiger partial charge in [-0.3, -0.25) is 9.52 Å². The Morgan fingerprint density at radius 1 is 1.03 bits per heavy atom. The van der Waals surface area contributed by atoms with Gasteiger partial charge in [0.2, 0.25) is 0 Å². The van der Waals surface area contributed by atoms with Gasteiger partial charge in [0, 0.05) is 44.8 Å². The lowest BCUT2D eigenvalue weighted by molar-refractivity contribution is 0.0697. The van der Waals surface area contributed by atoms with Crippen molar-refractivity contribution in [3.05, 3.63) is 53.8 Å². The fourth-order valence-electron chi connectivity index (χ4n) is 4.14. The van der Waals surface area contributed by atoms with E-state index in [1.165, 1.54) is 12.1 Å². The van der Waals surface area contributed by atoms with Gasteiger partial charge in [-0.1, -0.05) is 6.92 Å². The number of carbonyl (C=O) groups is 1. The molecule has 9 heteroatoms. The summed E-state index contributed by atoms with van der Waals surface area (Å²) in [4.78, 5) is 17.0. The predicted octanol–water partition coefficient (Wildman–Crippen LogP) is 2.91. The maximum Gasteiger partial charge on any atom is 0.261 e. The summed E-state index contributed by atoms with van der Waals surface area (Å²) in [6.45, 7) is 6.62. The van der Waals surface area contributed by atoms with Crippen LogP contribution in [0.15, 0.2) is 47.4 Å². The number of nitrogens with one attached hydrogen (secondary N) is 2. The minimum absolute atomic E-state index is 0.0353. The van der Waals surface area contributed by atoms with E-state index in [1.807, 2.05) is 11.0 Å². The van der Waals surface area contributed by atoms with Crippen LogP contribution in [-0.2, 0) is 10.0 Å². The quantitative estimate of drug-likeness (QED) is 0.717. The second-order valence-electron chi connectivity index (χ2n) is 8.50. The Bertz CT molecular complexity index is 1060. The number of piperidine rings is 1. The Balaban J connectivity index is 1.66. The van der Waals surface area contributed by atoms with E-state index >= 15 is 0 Å². The van der Waals surface area contributed by atoms with Crippen molar-refractivity contribution in [1.82, 2.24) is 10.2 Å². The second-order valence-corrected chi connectivity index (χ2v) is 10.2. The van der Waals surface area contributed by atoms with Crippen LogP contribution in [0.1, 0.15) is 30.1 Å². The third kappa shape index (κ3) is 5.05. The SMILES string of the molecule is CC1CCN(C(=O)c2ccc(N3CCNCC3)c(NS(=O)(=O)c3ccc(F)cc3)c2)CC1. The average Bonchev–Trinajstić information content (AvgIpc) is 2.80. The van der Waals surface area contributed by atoms with Crippen LogP contribution in [0.4, 0.5) is 15.8 Å². The Morgan fingerprint density at radius 3 is 2.34 bits per heavy atom. The van der Waals surface area contributed by atoms with E-state index in [4.69, 9.17) is 0 Å². The first-order valence-corrected chi connectivity index (χ1v) is 12.5. The maximum absolute atomic E-state index is 13.3. The van der Waals surface area contributed by atoms with E-state index in [2.05, 4.69) is 21.9 Å². The largest absolute Gasteiger partial charge is 0.367 e. The molecule has 4 rings (SSSR count). The van der Waals surface area contributed by atoms with Gasteiger partial charge in [0.1, 0.15) is 5.82 Å². The number of nitrogens with zero attached hydrogens (tertiary/aromatic N) is 2. The molecule has 2 heterocycles. The van der Waals surface area contributed by atoms with Crippen molar-refractivity contribution < 1.29 is 17.6 Å². The fourth-order valence-corrected chi connectivity index (χ4v) is 5.21. The third-order valence-electron chi connectivity index (χ3n) is 6.14. The molecule has 2 fully saturated rings. The molecule has 2 aliphatic rings. The van der Waals surface area contributed by atoms with Crippen LogP contribution in [0.2, 0.25) is 0 Å². The monoisotopic (exact) mass is 460 g/mol. The number of benzene rings is 2. The molecule has 2 aliphatic heterocycles. The summed E-state index contributed by atoms with van der Waals surface area (Å²) in [6, 6.07) is 9.89. The molecule has 2 aromatic rings. The van der Waals surface area contributed by atoms with Crippen molar-refractivity contribution in [1.29, 1.82) is 0 Å². The zero-order chi connectivity index (χ0) is 22.7. The summed E-state index contributed by atoms with van der Waals surface area (Å²) < 4.78 is 41.9. The zero-order valence-corrected chi connectivity index (χ0v) is 19.0. The van der Waals surface area contributed by atoms with Gasteiger partial charge in [-0.2, -0.15) is 0 Å². The van der Waals surface area contributed by atoms with E-state index in [0.29, 0.717) is 30.3 Å². The lowest BCUT2D eigenvalue weighted by atomic mass is 9.98. The molecule has 32 heavy (non-hydrogen) atoms. The molecule has 0 aliphatic carbocycles. The van der Waals surface area contributed by atoms with E-state index in [0.717, 1.165) is 56.8 Å². The molecule has 2 aromatic carbocycles. The average molecular weight is 461 g/mol. The van der Waals surface area contributed by atoms with Crippen molar-refractivity contribution in [3.8, 4) is 0 Å². The number of anilines is 2. The molecule has 2 N–H and O–H groups in total. The molecule has 1 amide bonds. The van der Waals surface area contributed by atoms with Gasteiger partial charge in [0.25, 0.3) is 15.9 Å². The highest BCUT2D eigenvalue weighted by atomic mass is 32.2. The van der Waals surface area contributed by atoms with Crippen LogP contribution < -0.4 is 14.9 Å². The topological polar surface area (TPSA) is 81.8 Å². The number of hydrogen-bond acceptors (Lipinski definition) is 5. The number of sulfonamides is 1. The molecule has 0 spiro atoms. The molecule has 0 saturated carbocycles. The molecule has 2 saturated heterocycles. The normalized spacial score (nSPS) is 17.9. The first-order chi connectivity index (χ1) is 15.3. The maximum atomic E-state index is 13.3. The van der Waals surface area contributed by atoms with E-state index in [1.54, 1.807) is 12.1 Å². The zero-order valence-electron chi connectivity index (χ0n) is 18.2.